The van der Waals surface area contributed by atoms with Crippen molar-refractivity contribution >= 4 is 11.6 Å². The molecule has 1 aliphatic carbocycles. The van der Waals surface area contributed by atoms with Crippen LogP contribution in [0.15, 0.2) is 48.8 Å². The van der Waals surface area contributed by atoms with Crippen molar-refractivity contribution in [2.75, 3.05) is 25.1 Å². The van der Waals surface area contributed by atoms with E-state index in [1.165, 1.54) is 24.8 Å². The molecule has 2 aliphatic rings. The number of rotatable bonds is 6. The third kappa shape index (κ3) is 4.76. The summed E-state index contributed by atoms with van der Waals surface area (Å²) < 4.78 is 5.66. The Bertz CT molecular complexity index is 777. The van der Waals surface area contributed by atoms with Crippen LogP contribution in [-0.2, 0) is 11.3 Å². The monoisotopic (exact) mass is 380 g/mol. The number of hydrogen-bond donors (Lipinski definition) is 3. The van der Waals surface area contributed by atoms with Crippen LogP contribution in [0.1, 0.15) is 35.2 Å². The Kier molecular flexibility index (Phi) is 6.31. The van der Waals surface area contributed by atoms with E-state index in [1.54, 1.807) is 24.5 Å². The van der Waals surface area contributed by atoms with Crippen LogP contribution in [0, 0.1) is 5.92 Å². The van der Waals surface area contributed by atoms with Crippen molar-refractivity contribution in [2.45, 2.75) is 37.9 Å². The summed E-state index contributed by atoms with van der Waals surface area (Å²) in [6.07, 6.45) is 6.98. The van der Waals surface area contributed by atoms with E-state index in [1.807, 2.05) is 18.2 Å². The van der Waals surface area contributed by atoms with Gasteiger partial charge in [0.15, 0.2) is 0 Å². The first kappa shape index (κ1) is 19.1. The van der Waals surface area contributed by atoms with Crippen LogP contribution in [0.4, 0.5) is 5.69 Å². The highest BCUT2D eigenvalue weighted by atomic mass is 16.5. The lowest BCUT2D eigenvalue weighted by Crippen LogP contribution is -2.50. The van der Waals surface area contributed by atoms with Gasteiger partial charge in [0.05, 0.1) is 13.2 Å². The Labute approximate surface area is 166 Å². The topological polar surface area (TPSA) is 75.3 Å². The van der Waals surface area contributed by atoms with Gasteiger partial charge in [0.1, 0.15) is 0 Å². The second kappa shape index (κ2) is 9.28. The van der Waals surface area contributed by atoms with Crippen LogP contribution in [-0.4, -0.2) is 42.7 Å². The molecule has 2 heterocycles. The zero-order valence-electron chi connectivity index (χ0n) is 16.1. The van der Waals surface area contributed by atoms with Gasteiger partial charge < -0.3 is 20.7 Å². The van der Waals surface area contributed by atoms with Crippen molar-refractivity contribution in [3.05, 3.63) is 59.9 Å². The molecule has 3 N–H and O–H groups in total. The van der Waals surface area contributed by atoms with E-state index < -0.39 is 0 Å². The molecule has 6 nitrogen and oxygen atoms in total. The van der Waals surface area contributed by atoms with Gasteiger partial charge in [-0.05, 0) is 48.6 Å². The highest BCUT2D eigenvalue weighted by Gasteiger charge is 2.34. The minimum Gasteiger partial charge on any atom is -0.379 e. The van der Waals surface area contributed by atoms with E-state index in [0.29, 0.717) is 23.6 Å². The molecule has 3 atom stereocenters. The Hall–Kier alpha value is -2.28. The second-order valence-corrected chi connectivity index (χ2v) is 7.61. The van der Waals surface area contributed by atoms with Crippen LogP contribution in [0.25, 0.3) is 0 Å². The fourth-order valence-electron chi connectivity index (χ4n) is 4.30. The average molecular weight is 380 g/mol. The molecule has 0 spiro atoms. The summed E-state index contributed by atoms with van der Waals surface area (Å²) in [5.74, 6) is 0.501. The fraction of sp³-hybridized carbons (Fsp3) is 0.455. The summed E-state index contributed by atoms with van der Waals surface area (Å²) in [5.41, 5.74) is 2.59. The van der Waals surface area contributed by atoms with Gasteiger partial charge >= 0.3 is 0 Å². The minimum absolute atomic E-state index is 0.119. The van der Waals surface area contributed by atoms with Gasteiger partial charge in [-0.25, -0.2) is 0 Å². The quantitative estimate of drug-likeness (QED) is 0.718. The number of aromatic nitrogens is 1. The lowest BCUT2D eigenvalue weighted by atomic mass is 9.94. The Morgan fingerprint density at radius 2 is 2.11 bits per heavy atom. The standard InChI is InChI=1S/C22H28N4O2/c27-22(17-7-9-23-10-8-17)26-18-4-1-3-16(13-18)14-25-20-6-2-5-19(20)21-15-28-12-11-24-21/h1,3-4,7-10,13,19-21,24-25H,2,5-6,11-12,14-15H2,(H,26,27). The van der Waals surface area contributed by atoms with Crippen molar-refractivity contribution in [3.63, 3.8) is 0 Å². The molecule has 2 fully saturated rings. The van der Waals surface area contributed by atoms with Crippen molar-refractivity contribution in [3.8, 4) is 0 Å². The van der Waals surface area contributed by atoms with Crippen molar-refractivity contribution in [2.24, 2.45) is 5.92 Å². The van der Waals surface area contributed by atoms with Crippen molar-refractivity contribution in [1.29, 1.82) is 0 Å². The van der Waals surface area contributed by atoms with E-state index in [-0.39, 0.29) is 5.91 Å². The summed E-state index contributed by atoms with van der Waals surface area (Å²) in [7, 11) is 0. The number of nitrogens with one attached hydrogen (secondary N) is 3. The van der Waals surface area contributed by atoms with Crippen molar-refractivity contribution < 1.29 is 9.53 Å². The maximum Gasteiger partial charge on any atom is 0.255 e. The number of carbonyl (C=O) groups is 1. The van der Waals surface area contributed by atoms with Gasteiger partial charge in [-0.1, -0.05) is 18.6 Å². The van der Waals surface area contributed by atoms with Crippen molar-refractivity contribution in [1.82, 2.24) is 15.6 Å². The number of ether oxygens (including phenoxy) is 1. The SMILES string of the molecule is O=C(Nc1cccc(CNC2CCCC2C2COCCN2)c1)c1ccncc1. The highest BCUT2D eigenvalue weighted by molar-refractivity contribution is 6.04. The third-order valence-corrected chi connectivity index (χ3v) is 5.73. The number of carbonyl (C=O) groups excluding carboxylic acids is 1. The molecule has 1 amide bonds. The molecule has 4 rings (SSSR count). The van der Waals surface area contributed by atoms with E-state index in [0.717, 1.165) is 32.0 Å². The Balaban J connectivity index is 1.34. The second-order valence-electron chi connectivity index (χ2n) is 7.61. The average Bonchev–Trinajstić information content (AvgIpc) is 3.22. The molecule has 1 aromatic heterocycles. The Morgan fingerprint density at radius 1 is 1.21 bits per heavy atom. The number of nitrogens with zero attached hydrogens (tertiary/aromatic N) is 1. The van der Waals surface area contributed by atoms with Gasteiger partial charge in [-0.2, -0.15) is 0 Å². The van der Waals surface area contributed by atoms with Crippen LogP contribution in [0.2, 0.25) is 0 Å². The highest BCUT2D eigenvalue weighted by Crippen LogP contribution is 2.29. The molecule has 1 aromatic carbocycles. The molecule has 1 saturated carbocycles. The molecule has 1 aliphatic heterocycles. The van der Waals surface area contributed by atoms with Gasteiger partial charge in [-0.3, -0.25) is 9.78 Å². The first-order valence-corrected chi connectivity index (χ1v) is 10.1. The largest absolute Gasteiger partial charge is 0.379 e. The summed E-state index contributed by atoms with van der Waals surface area (Å²) in [5, 5.41) is 10.3. The zero-order valence-corrected chi connectivity index (χ0v) is 16.1. The molecule has 3 unspecified atom stereocenters. The molecule has 148 valence electrons. The molecular weight excluding hydrogens is 352 g/mol. The first-order chi connectivity index (χ1) is 13.8. The van der Waals surface area contributed by atoms with Crippen LogP contribution in [0.5, 0.6) is 0 Å². The summed E-state index contributed by atoms with van der Waals surface area (Å²) in [6, 6.07) is 12.4. The molecule has 0 bridgehead atoms. The predicted octanol–water partition coefficient (Wildman–Crippen LogP) is 2.58. The number of amides is 1. The first-order valence-electron chi connectivity index (χ1n) is 10.1. The summed E-state index contributed by atoms with van der Waals surface area (Å²) in [4.78, 5) is 16.3. The maximum absolute atomic E-state index is 12.3. The van der Waals surface area contributed by atoms with E-state index >= 15 is 0 Å². The Morgan fingerprint density at radius 3 is 2.93 bits per heavy atom. The van der Waals surface area contributed by atoms with E-state index in [9.17, 15) is 4.79 Å². The third-order valence-electron chi connectivity index (χ3n) is 5.73. The van der Waals surface area contributed by atoms with E-state index in [2.05, 4.69) is 27.0 Å². The molecule has 28 heavy (non-hydrogen) atoms. The van der Waals surface area contributed by atoms with E-state index in [4.69, 9.17) is 4.74 Å². The van der Waals surface area contributed by atoms with Gasteiger partial charge in [0.25, 0.3) is 5.91 Å². The fourth-order valence-corrected chi connectivity index (χ4v) is 4.30. The van der Waals surface area contributed by atoms with Gasteiger partial charge in [-0.15, -0.1) is 0 Å². The predicted molar refractivity (Wildman–Crippen MR) is 109 cm³/mol. The lowest BCUT2D eigenvalue weighted by Gasteiger charge is -2.33. The van der Waals surface area contributed by atoms with Crippen LogP contribution in [0.3, 0.4) is 0 Å². The molecule has 2 aromatic rings. The maximum atomic E-state index is 12.3. The summed E-state index contributed by atoms with van der Waals surface area (Å²) >= 11 is 0. The molecular formula is C22H28N4O2. The molecule has 0 radical (unpaired) electrons. The number of anilines is 1. The number of hydrogen-bond acceptors (Lipinski definition) is 5. The zero-order chi connectivity index (χ0) is 19.2. The number of pyridine rings is 1. The minimum atomic E-state index is -0.119. The number of morpholine rings is 1. The normalized spacial score (nSPS) is 24.8. The van der Waals surface area contributed by atoms with Gasteiger partial charge in [0, 0.05) is 48.8 Å². The van der Waals surface area contributed by atoms with Gasteiger partial charge in [0.2, 0.25) is 0 Å². The lowest BCUT2D eigenvalue weighted by molar-refractivity contribution is 0.0524. The molecule has 1 saturated heterocycles. The van der Waals surface area contributed by atoms with Crippen LogP contribution < -0.4 is 16.0 Å². The number of benzene rings is 1. The smallest absolute Gasteiger partial charge is 0.255 e. The molecule has 6 heteroatoms. The van der Waals surface area contributed by atoms with Crippen LogP contribution >= 0.6 is 0 Å². The summed E-state index contributed by atoms with van der Waals surface area (Å²) in [6.45, 7) is 3.39.